The lowest BCUT2D eigenvalue weighted by molar-refractivity contribution is -0.161. The Morgan fingerprint density at radius 3 is 1.27 bits per heavy atom. The summed E-state index contributed by atoms with van der Waals surface area (Å²) in [5.74, 6) is -0.492. The van der Waals surface area contributed by atoms with Gasteiger partial charge in [-0.2, -0.15) is 0 Å². The Bertz CT molecular complexity index is 3460. The highest BCUT2D eigenvalue weighted by Crippen LogP contribution is 2.41. The average Bonchev–Trinajstić information content (AvgIpc) is 3.21. The molecule has 4 nitrogen and oxygen atoms in total. The van der Waals surface area contributed by atoms with Crippen LogP contribution in [0.5, 0.6) is 0 Å². The second kappa shape index (κ2) is 11.8. The number of carbonyl (C=O) groups is 2. The number of fused-ring (bicyclic) bond motifs is 10. The van der Waals surface area contributed by atoms with E-state index in [0.717, 1.165) is 32.5 Å². The summed E-state index contributed by atoms with van der Waals surface area (Å²) in [5.41, 5.74) is 0.0753. The largest absolute Gasteiger partial charge is 0.370 e. The van der Waals surface area contributed by atoms with Crippen LogP contribution < -0.4 is 0 Å². The first-order valence-electron chi connectivity index (χ1n) is 19.1. The Labute approximate surface area is 322 Å². The Hall–Kier alpha value is -6.46. The fraction of sp³-hybridized carbons (Fsp3) is 0.115. The molecule has 10 aromatic rings. The van der Waals surface area contributed by atoms with Crippen LogP contribution in [0.1, 0.15) is 19.4 Å². The number of ketones is 2. The molecule has 11 rings (SSSR count). The SMILES string of the molecule is COC1C(=O)C(C)=C(c2cccc3cc4cc5cc6ccc7cc8cc9cc%10cc%11ccccc%11cc%10cc9cc8cc7c6cc5cc4cc23)C(=O)C1(C)OC. The minimum absolute atomic E-state index is 0.238. The van der Waals surface area contributed by atoms with Gasteiger partial charge in [-0.3, -0.25) is 9.59 Å². The van der Waals surface area contributed by atoms with Gasteiger partial charge in [-0.15, -0.1) is 0 Å². The van der Waals surface area contributed by atoms with Crippen LogP contribution in [0.2, 0.25) is 0 Å². The molecule has 1 aliphatic rings. The number of carbonyl (C=O) groups excluding carboxylic acids is 2. The highest BCUT2D eigenvalue weighted by atomic mass is 16.5. The molecule has 0 bridgehead atoms. The third kappa shape index (κ3) is 4.67. The molecule has 0 amide bonds. The van der Waals surface area contributed by atoms with E-state index >= 15 is 0 Å². The quantitative estimate of drug-likeness (QED) is 0.134. The first kappa shape index (κ1) is 32.9. The van der Waals surface area contributed by atoms with Gasteiger partial charge in [0.15, 0.2) is 23.3 Å². The van der Waals surface area contributed by atoms with Crippen molar-refractivity contribution < 1.29 is 19.1 Å². The third-order valence-corrected chi connectivity index (χ3v) is 12.6. The number of hydrogen-bond donors (Lipinski definition) is 0. The van der Waals surface area contributed by atoms with Crippen molar-refractivity contribution in [3.63, 3.8) is 0 Å². The number of benzene rings is 10. The fourth-order valence-corrected chi connectivity index (χ4v) is 9.46. The molecule has 0 fully saturated rings. The van der Waals surface area contributed by atoms with E-state index in [1.165, 1.54) is 84.2 Å². The van der Waals surface area contributed by atoms with Crippen molar-refractivity contribution in [1.29, 1.82) is 0 Å². The summed E-state index contributed by atoms with van der Waals surface area (Å²) in [4.78, 5) is 27.7. The molecule has 0 saturated carbocycles. The topological polar surface area (TPSA) is 52.6 Å². The van der Waals surface area contributed by atoms with Crippen LogP contribution in [-0.2, 0) is 19.1 Å². The van der Waals surface area contributed by atoms with Gasteiger partial charge in [-0.25, -0.2) is 0 Å². The van der Waals surface area contributed by atoms with Crippen LogP contribution in [-0.4, -0.2) is 37.5 Å². The smallest absolute Gasteiger partial charge is 0.198 e. The molecule has 1 aliphatic carbocycles. The van der Waals surface area contributed by atoms with E-state index in [4.69, 9.17) is 9.47 Å². The van der Waals surface area contributed by atoms with E-state index in [2.05, 4.69) is 127 Å². The Balaban J connectivity index is 1.08. The molecule has 0 saturated heterocycles. The summed E-state index contributed by atoms with van der Waals surface area (Å²) in [6, 6.07) is 51.0. The lowest BCUT2D eigenvalue weighted by atomic mass is 9.74. The summed E-state index contributed by atoms with van der Waals surface area (Å²) >= 11 is 0. The highest BCUT2D eigenvalue weighted by Gasteiger charge is 2.52. The van der Waals surface area contributed by atoms with Gasteiger partial charge >= 0.3 is 0 Å². The average molecular weight is 725 g/mol. The van der Waals surface area contributed by atoms with Crippen molar-refractivity contribution in [3.05, 3.63) is 151 Å². The minimum atomic E-state index is -1.43. The standard InChI is InChI=1S/C52H36O4/c1-28-48(50(54)52(2,56-4)51(55-3)49(28)53)44-11-7-10-31-16-36-21-37-17-32-12-13-33-18-38-22-39-19-34-14-29-8-5-6-9-30(29)15-35(34)20-40(39)23-41(38)26-46(33)47(32)27-43(37)24-42(36)25-45(31)44/h5-27,51H,1-4H3. The molecule has 2 unspecified atom stereocenters. The number of ether oxygens (including phenoxy) is 2. The highest BCUT2D eigenvalue weighted by molar-refractivity contribution is 6.36. The van der Waals surface area contributed by atoms with E-state index in [9.17, 15) is 9.59 Å². The van der Waals surface area contributed by atoms with E-state index in [0.29, 0.717) is 11.1 Å². The molecule has 0 N–H and O–H groups in total. The second-order valence-electron chi connectivity index (χ2n) is 15.7. The molecule has 2 atom stereocenters. The molecule has 268 valence electrons. The van der Waals surface area contributed by atoms with Gasteiger partial charge in [0.1, 0.15) is 0 Å². The molecular formula is C52H36O4. The van der Waals surface area contributed by atoms with Crippen molar-refractivity contribution >= 4 is 114 Å². The molecule has 10 aromatic carbocycles. The van der Waals surface area contributed by atoms with Gasteiger partial charge in [0.2, 0.25) is 0 Å². The molecular weight excluding hydrogens is 689 g/mol. The Kier molecular flexibility index (Phi) is 6.92. The van der Waals surface area contributed by atoms with Crippen LogP contribution in [0.15, 0.2) is 145 Å². The second-order valence-corrected chi connectivity index (χ2v) is 15.7. The molecule has 0 aromatic heterocycles. The maximum absolute atomic E-state index is 14.1. The fourth-order valence-electron chi connectivity index (χ4n) is 9.46. The number of hydrogen-bond acceptors (Lipinski definition) is 4. The van der Waals surface area contributed by atoms with E-state index in [1.54, 1.807) is 13.8 Å². The summed E-state index contributed by atoms with van der Waals surface area (Å²) in [6.07, 6.45) is -1.00. The van der Waals surface area contributed by atoms with E-state index in [-0.39, 0.29) is 11.6 Å². The first-order valence-corrected chi connectivity index (χ1v) is 19.1. The van der Waals surface area contributed by atoms with Gasteiger partial charge in [-0.05, 0) is 201 Å². The molecule has 4 heteroatoms. The third-order valence-electron chi connectivity index (χ3n) is 12.6. The zero-order valence-corrected chi connectivity index (χ0v) is 31.5. The zero-order chi connectivity index (χ0) is 38.0. The summed E-state index contributed by atoms with van der Waals surface area (Å²) in [7, 11) is 2.90. The molecule has 0 aliphatic heterocycles. The van der Waals surface area contributed by atoms with Crippen LogP contribution in [0.4, 0.5) is 0 Å². The molecule has 0 radical (unpaired) electrons. The van der Waals surface area contributed by atoms with Gasteiger partial charge in [0.05, 0.1) is 0 Å². The lowest BCUT2D eigenvalue weighted by Crippen LogP contribution is -2.56. The minimum Gasteiger partial charge on any atom is -0.370 e. The first-order chi connectivity index (χ1) is 27.2. The van der Waals surface area contributed by atoms with Crippen LogP contribution in [0.25, 0.3) is 103 Å². The van der Waals surface area contributed by atoms with Crippen molar-refractivity contribution in [3.8, 4) is 0 Å². The van der Waals surface area contributed by atoms with Crippen molar-refractivity contribution in [2.24, 2.45) is 0 Å². The van der Waals surface area contributed by atoms with Crippen LogP contribution in [0, 0.1) is 0 Å². The Morgan fingerprint density at radius 2 is 0.821 bits per heavy atom. The zero-order valence-electron chi connectivity index (χ0n) is 31.5. The predicted octanol–water partition coefficient (Wildman–Crippen LogP) is 12.4. The monoisotopic (exact) mass is 724 g/mol. The maximum atomic E-state index is 14.1. The van der Waals surface area contributed by atoms with Crippen molar-refractivity contribution in [2.75, 3.05) is 14.2 Å². The lowest BCUT2D eigenvalue weighted by Gasteiger charge is -2.38. The van der Waals surface area contributed by atoms with Crippen molar-refractivity contribution in [1.82, 2.24) is 0 Å². The van der Waals surface area contributed by atoms with Gasteiger partial charge in [-0.1, -0.05) is 54.6 Å². The van der Waals surface area contributed by atoms with E-state index < -0.39 is 11.7 Å². The summed E-state index contributed by atoms with van der Waals surface area (Å²) < 4.78 is 11.2. The molecule has 0 spiro atoms. The number of methoxy groups -OCH3 is 2. The predicted molar refractivity (Wildman–Crippen MR) is 233 cm³/mol. The number of rotatable bonds is 3. The summed E-state index contributed by atoms with van der Waals surface area (Å²) in [6.45, 7) is 3.36. The van der Waals surface area contributed by atoms with Gasteiger partial charge < -0.3 is 9.47 Å². The maximum Gasteiger partial charge on any atom is 0.198 e. The van der Waals surface area contributed by atoms with Crippen molar-refractivity contribution in [2.45, 2.75) is 25.6 Å². The van der Waals surface area contributed by atoms with Gasteiger partial charge in [0, 0.05) is 25.4 Å². The van der Waals surface area contributed by atoms with Crippen LogP contribution >= 0.6 is 0 Å². The molecule has 0 heterocycles. The number of Topliss-reactive ketones (excluding diaryl/α,β-unsaturated/α-hetero) is 2. The van der Waals surface area contributed by atoms with Gasteiger partial charge in [0.25, 0.3) is 0 Å². The normalized spacial score (nSPS) is 18.0. The summed E-state index contributed by atoms with van der Waals surface area (Å²) in [5, 5.41) is 21.2. The van der Waals surface area contributed by atoms with Crippen LogP contribution in [0.3, 0.4) is 0 Å². The molecule has 56 heavy (non-hydrogen) atoms. The van der Waals surface area contributed by atoms with E-state index in [1.807, 2.05) is 12.1 Å². The Morgan fingerprint density at radius 1 is 0.446 bits per heavy atom.